The molecular formula is C53H37N. The highest BCUT2D eigenvalue weighted by molar-refractivity contribution is 6.17. The van der Waals surface area contributed by atoms with Gasteiger partial charge in [0.05, 0.1) is 5.69 Å². The van der Waals surface area contributed by atoms with Crippen molar-refractivity contribution in [3.63, 3.8) is 0 Å². The standard InChI is InChI=1S/C53H37N/c1-53(2)48-32-47(40-24-23-34-13-3-6-16-37(34)29-40)43-19-9-11-21-45(43)51(48)52-46-22-12-10-20-44(46)50(33-49(52)53)54(41-27-25-35-14-4-7-17-38(35)30-41)42-28-26-36-15-5-8-18-39(36)31-42/h3-33H,1-2H3. The van der Waals surface area contributed by atoms with Crippen LogP contribution in [0.4, 0.5) is 17.1 Å². The Hall–Kier alpha value is -6.70. The molecule has 0 radical (unpaired) electrons. The molecule has 0 saturated heterocycles. The SMILES string of the molecule is CC1(C)c2cc(-c3ccc4ccccc4c3)c3ccccc3c2-c2c1cc(N(c1ccc3ccccc3c1)c1ccc3ccccc3c1)c1ccccc21. The third kappa shape index (κ3) is 4.58. The second-order valence-electron chi connectivity index (χ2n) is 15.3. The van der Waals surface area contributed by atoms with Crippen molar-refractivity contribution >= 4 is 70.9 Å². The number of fused-ring (bicyclic) bond motifs is 10. The average Bonchev–Trinajstić information content (AvgIpc) is 3.46. The van der Waals surface area contributed by atoms with E-state index in [0.29, 0.717) is 0 Å². The zero-order chi connectivity index (χ0) is 36.0. The summed E-state index contributed by atoms with van der Waals surface area (Å²) in [4.78, 5) is 2.49. The van der Waals surface area contributed by atoms with Crippen molar-refractivity contribution in [1.29, 1.82) is 0 Å². The molecule has 10 aromatic rings. The summed E-state index contributed by atoms with van der Waals surface area (Å²) in [5, 5.41) is 12.6. The summed E-state index contributed by atoms with van der Waals surface area (Å²) in [7, 11) is 0. The van der Waals surface area contributed by atoms with Crippen LogP contribution < -0.4 is 4.90 Å². The number of hydrogen-bond donors (Lipinski definition) is 0. The van der Waals surface area contributed by atoms with Gasteiger partial charge >= 0.3 is 0 Å². The molecule has 1 aliphatic rings. The summed E-state index contributed by atoms with van der Waals surface area (Å²) < 4.78 is 0. The van der Waals surface area contributed by atoms with Gasteiger partial charge in [-0.25, -0.2) is 0 Å². The maximum atomic E-state index is 2.51. The smallest absolute Gasteiger partial charge is 0.0543 e. The summed E-state index contributed by atoms with van der Waals surface area (Å²) in [6.07, 6.45) is 0. The van der Waals surface area contributed by atoms with Crippen molar-refractivity contribution in [3.8, 4) is 22.3 Å². The van der Waals surface area contributed by atoms with E-state index in [1.165, 1.54) is 92.9 Å². The molecule has 0 heterocycles. The Morgan fingerprint density at radius 2 is 0.778 bits per heavy atom. The first-order chi connectivity index (χ1) is 26.5. The Balaban J connectivity index is 1.20. The van der Waals surface area contributed by atoms with Crippen LogP contribution in [0.1, 0.15) is 25.0 Å². The Morgan fingerprint density at radius 3 is 1.35 bits per heavy atom. The minimum Gasteiger partial charge on any atom is -0.310 e. The van der Waals surface area contributed by atoms with Gasteiger partial charge in [-0.2, -0.15) is 0 Å². The Labute approximate surface area is 315 Å². The van der Waals surface area contributed by atoms with E-state index in [9.17, 15) is 0 Å². The summed E-state index contributed by atoms with van der Waals surface area (Å²) in [5.41, 5.74) is 11.2. The van der Waals surface area contributed by atoms with E-state index >= 15 is 0 Å². The second kappa shape index (κ2) is 11.7. The van der Waals surface area contributed by atoms with Crippen LogP contribution in [0, 0.1) is 0 Å². The molecule has 0 unspecified atom stereocenters. The first-order valence-electron chi connectivity index (χ1n) is 18.9. The van der Waals surface area contributed by atoms with Gasteiger partial charge in [-0.15, -0.1) is 0 Å². The Kier molecular flexibility index (Phi) is 6.66. The monoisotopic (exact) mass is 687 g/mol. The van der Waals surface area contributed by atoms with Crippen molar-refractivity contribution < 1.29 is 0 Å². The summed E-state index contributed by atoms with van der Waals surface area (Å²) in [5.74, 6) is 0. The topological polar surface area (TPSA) is 3.24 Å². The highest BCUT2D eigenvalue weighted by Gasteiger charge is 2.39. The molecule has 0 atom stereocenters. The molecule has 10 aromatic carbocycles. The lowest BCUT2D eigenvalue weighted by Gasteiger charge is -2.30. The molecule has 0 N–H and O–H groups in total. The minimum atomic E-state index is -0.252. The Morgan fingerprint density at radius 1 is 0.352 bits per heavy atom. The van der Waals surface area contributed by atoms with Gasteiger partial charge in [-0.3, -0.25) is 0 Å². The van der Waals surface area contributed by atoms with Crippen molar-refractivity contribution in [3.05, 3.63) is 199 Å². The lowest BCUT2D eigenvalue weighted by atomic mass is 9.80. The summed E-state index contributed by atoms with van der Waals surface area (Å²) >= 11 is 0. The van der Waals surface area contributed by atoms with Gasteiger partial charge in [0.15, 0.2) is 0 Å². The van der Waals surface area contributed by atoms with Gasteiger partial charge in [0.25, 0.3) is 0 Å². The maximum absolute atomic E-state index is 2.51. The maximum Gasteiger partial charge on any atom is 0.0543 e. The summed E-state index contributed by atoms with van der Waals surface area (Å²) in [6.45, 7) is 4.84. The van der Waals surface area contributed by atoms with E-state index in [-0.39, 0.29) is 5.41 Å². The predicted octanol–water partition coefficient (Wildman–Crippen LogP) is 14.9. The zero-order valence-corrected chi connectivity index (χ0v) is 30.3. The van der Waals surface area contributed by atoms with Crippen molar-refractivity contribution in [2.24, 2.45) is 0 Å². The third-order valence-electron chi connectivity index (χ3n) is 11.9. The third-order valence-corrected chi connectivity index (χ3v) is 11.9. The molecule has 54 heavy (non-hydrogen) atoms. The molecule has 1 heteroatoms. The average molecular weight is 688 g/mol. The molecule has 254 valence electrons. The van der Waals surface area contributed by atoms with E-state index in [1.807, 2.05) is 0 Å². The highest BCUT2D eigenvalue weighted by Crippen LogP contribution is 2.57. The molecule has 11 rings (SSSR count). The molecule has 0 saturated carbocycles. The lowest BCUT2D eigenvalue weighted by molar-refractivity contribution is 0.661. The van der Waals surface area contributed by atoms with Crippen molar-refractivity contribution in [2.75, 3.05) is 4.90 Å². The van der Waals surface area contributed by atoms with E-state index in [1.54, 1.807) is 0 Å². The zero-order valence-electron chi connectivity index (χ0n) is 30.3. The van der Waals surface area contributed by atoms with Crippen LogP contribution in [0.5, 0.6) is 0 Å². The molecule has 1 nitrogen and oxygen atoms in total. The molecule has 1 aliphatic carbocycles. The van der Waals surface area contributed by atoms with Crippen LogP contribution in [0.15, 0.2) is 188 Å². The first kappa shape index (κ1) is 30.9. The van der Waals surface area contributed by atoms with Gasteiger partial charge in [-0.05, 0) is 124 Å². The number of benzene rings is 10. The number of hydrogen-bond acceptors (Lipinski definition) is 1. The van der Waals surface area contributed by atoms with Gasteiger partial charge in [0.1, 0.15) is 0 Å². The number of nitrogens with zero attached hydrogens (tertiary/aromatic N) is 1. The molecule has 0 amide bonds. The van der Waals surface area contributed by atoms with E-state index in [0.717, 1.165) is 11.4 Å². The quantitative estimate of drug-likeness (QED) is 0.178. The molecule has 0 spiro atoms. The van der Waals surface area contributed by atoms with Crippen LogP contribution >= 0.6 is 0 Å². The molecule has 0 fully saturated rings. The number of rotatable bonds is 4. The lowest BCUT2D eigenvalue weighted by Crippen LogP contribution is -2.17. The van der Waals surface area contributed by atoms with Gasteiger partial charge < -0.3 is 4.90 Å². The Bertz CT molecular complexity index is 3070. The number of anilines is 3. The van der Waals surface area contributed by atoms with Gasteiger partial charge in [-0.1, -0.05) is 159 Å². The molecule has 0 aromatic heterocycles. The van der Waals surface area contributed by atoms with Gasteiger partial charge in [0.2, 0.25) is 0 Å². The van der Waals surface area contributed by atoms with Gasteiger partial charge in [0, 0.05) is 22.2 Å². The largest absolute Gasteiger partial charge is 0.310 e. The van der Waals surface area contributed by atoms with Crippen LogP contribution in [-0.2, 0) is 5.41 Å². The van der Waals surface area contributed by atoms with Crippen LogP contribution in [-0.4, -0.2) is 0 Å². The van der Waals surface area contributed by atoms with Crippen molar-refractivity contribution in [1.82, 2.24) is 0 Å². The fourth-order valence-electron chi connectivity index (χ4n) is 9.24. The predicted molar refractivity (Wildman–Crippen MR) is 232 cm³/mol. The molecular weight excluding hydrogens is 651 g/mol. The molecule has 0 bridgehead atoms. The van der Waals surface area contributed by atoms with Crippen LogP contribution in [0.3, 0.4) is 0 Å². The highest BCUT2D eigenvalue weighted by atomic mass is 15.1. The normalized spacial score (nSPS) is 13.1. The van der Waals surface area contributed by atoms with E-state index in [2.05, 4.69) is 207 Å². The van der Waals surface area contributed by atoms with E-state index in [4.69, 9.17) is 0 Å². The van der Waals surface area contributed by atoms with Crippen LogP contribution in [0.2, 0.25) is 0 Å². The van der Waals surface area contributed by atoms with E-state index < -0.39 is 0 Å². The van der Waals surface area contributed by atoms with Crippen molar-refractivity contribution in [2.45, 2.75) is 19.3 Å². The second-order valence-corrected chi connectivity index (χ2v) is 15.3. The van der Waals surface area contributed by atoms with Crippen LogP contribution in [0.25, 0.3) is 76.1 Å². The minimum absolute atomic E-state index is 0.252. The fraction of sp³-hybridized carbons (Fsp3) is 0.0566. The molecule has 0 aliphatic heterocycles. The first-order valence-corrected chi connectivity index (χ1v) is 18.9. The fourth-order valence-corrected chi connectivity index (χ4v) is 9.24. The summed E-state index contributed by atoms with van der Waals surface area (Å²) in [6, 6.07) is 69.8.